The summed E-state index contributed by atoms with van der Waals surface area (Å²) in [5.74, 6) is -6.48. The molecule has 0 unspecified atom stereocenters. The smallest absolute Gasteiger partial charge is 0.309 e. The molecule has 0 radical (unpaired) electrons. The maximum absolute atomic E-state index is 14.5. The van der Waals surface area contributed by atoms with Crippen molar-refractivity contribution in [2.24, 2.45) is 41.4 Å². The molecule has 18 atom stereocenters. The van der Waals surface area contributed by atoms with E-state index in [9.17, 15) is 29.7 Å². The van der Waals surface area contributed by atoms with Gasteiger partial charge in [-0.3, -0.25) is 14.4 Å². The maximum atomic E-state index is 14.5. The SMILES string of the molecule is CC[C@@H](C(=O)[C@@H](C)[C@@H](O)[C@H](C)[C@@H]1O[C@@H]([C@@H](CC)C(=O)O)CC[C@@H]1C)[C@H]1O[C@@]2(C=C[C@H](OC(C)=O)[C@]3(CC[C@@](C)([C@H]4CC[C@](O)(CC)[C@H](C)O4)O3)O2)[C@H](C)C[C@@H]1C. The molecule has 5 aliphatic rings. The Bertz CT molecular complexity index is 1440. The van der Waals surface area contributed by atoms with Gasteiger partial charge in [0.2, 0.25) is 5.79 Å². The van der Waals surface area contributed by atoms with Crippen LogP contribution in [0.5, 0.6) is 0 Å². The number of Topliss-reactive ketones (excluding diaryl/α,β-unsaturated/α-hetero) is 1. The van der Waals surface area contributed by atoms with Crippen LogP contribution in [0, 0.1) is 41.4 Å². The van der Waals surface area contributed by atoms with Crippen molar-refractivity contribution in [1.29, 1.82) is 0 Å². The summed E-state index contributed by atoms with van der Waals surface area (Å²) in [4.78, 5) is 38.9. The van der Waals surface area contributed by atoms with E-state index < -0.39 is 82.8 Å². The zero-order valence-electron chi connectivity index (χ0n) is 35.8. The summed E-state index contributed by atoms with van der Waals surface area (Å²) in [5.41, 5.74) is -1.70. The van der Waals surface area contributed by atoms with Crippen molar-refractivity contribution in [3.8, 4) is 0 Å². The molecule has 56 heavy (non-hydrogen) atoms. The molecule has 5 rings (SSSR count). The average Bonchev–Trinajstić information content (AvgIpc) is 3.49. The van der Waals surface area contributed by atoms with E-state index in [4.69, 9.17) is 28.4 Å². The first kappa shape index (κ1) is 45.2. The van der Waals surface area contributed by atoms with E-state index in [0.29, 0.717) is 57.8 Å². The number of carbonyl (C=O) groups is 3. The van der Waals surface area contributed by atoms with E-state index in [1.807, 2.05) is 53.7 Å². The average molecular weight is 793 g/mol. The summed E-state index contributed by atoms with van der Waals surface area (Å²) < 4.78 is 39.8. The summed E-state index contributed by atoms with van der Waals surface area (Å²) >= 11 is 0. The second-order valence-electron chi connectivity index (χ2n) is 18.5. The molecule has 5 aliphatic heterocycles. The topological polar surface area (TPSA) is 167 Å². The highest BCUT2D eigenvalue weighted by Gasteiger charge is 2.64. The van der Waals surface area contributed by atoms with Gasteiger partial charge in [-0.1, -0.05) is 55.4 Å². The van der Waals surface area contributed by atoms with Crippen LogP contribution in [0.15, 0.2) is 12.2 Å². The Hall–Kier alpha value is -1.93. The van der Waals surface area contributed by atoms with Gasteiger partial charge in [0.1, 0.15) is 5.78 Å². The predicted octanol–water partition coefficient (Wildman–Crippen LogP) is 6.76. The third kappa shape index (κ3) is 8.54. The highest BCUT2D eigenvalue weighted by Crippen LogP contribution is 2.54. The molecule has 0 aliphatic carbocycles. The molecule has 0 aromatic heterocycles. The number of aliphatic carboxylic acids is 1. The van der Waals surface area contributed by atoms with E-state index in [2.05, 4.69) is 20.8 Å². The Balaban J connectivity index is 1.36. The van der Waals surface area contributed by atoms with Crippen molar-refractivity contribution in [3.05, 3.63) is 12.2 Å². The van der Waals surface area contributed by atoms with Gasteiger partial charge in [-0.25, -0.2) is 0 Å². The summed E-state index contributed by atoms with van der Waals surface area (Å²) in [6.07, 6.45) is 5.50. The molecule has 0 saturated carbocycles. The van der Waals surface area contributed by atoms with Gasteiger partial charge < -0.3 is 43.7 Å². The Labute approximate surface area is 334 Å². The molecule has 5 heterocycles. The van der Waals surface area contributed by atoms with E-state index in [1.165, 1.54) is 6.92 Å². The number of hydrogen-bond acceptors (Lipinski definition) is 11. The summed E-state index contributed by atoms with van der Waals surface area (Å²) in [6, 6.07) is 0. The van der Waals surface area contributed by atoms with E-state index >= 15 is 0 Å². The Morgan fingerprint density at radius 3 is 2.16 bits per heavy atom. The quantitative estimate of drug-likeness (QED) is 0.133. The lowest BCUT2D eigenvalue weighted by Gasteiger charge is -2.54. The maximum Gasteiger partial charge on any atom is 0.309 e. The van der Waals surface area contributed by atoms with Crippen LogP contribution in [-0.4, -0.2) is 98.5 Å². The summed E-state index contributed by atoms with van der Waals surface area (Å²) in [6.45, 7) is 20.9. The van der Waals surface area contributed by atoms with Gasteiger partial charge in [-0.15, -0.1) is 0 Å². The minimum absolute atomic E-state index is 0.0147. The van der Waals surface area contributed by atoms with Crippen molar-refractivity contribution in [1.82, 2.24) is 0 Å². The highest BCUT2D eigenvalue weighted by atomic mass is 16.8. The molecule has 0 amide bonds. The van der Waals surface area contributed by atoms with E-state index in [-0.39, 0.29) is 41.8 Å². The van der Waals surface area contributed by atoms with Crippen LogP contribution in [0.25, 0.3) is 0 Å². The van der Waals surface area contributed by atoms with Crippen LogP contribution in [0.3, 0.4) is 0 Å². The van der Waals surface area contributed by atoms with Gasteiger partial charge in [0.15, 0.2) is 11.9 Å². The molecule has 0 aromatic carbocycles. The molecule has 2 spiro atoms. The molecule has 0 bridgehead atoms. The second kappa shape index (κ2) is 17.3. The zero-order chi connectivity index (χ0) is 41.5. The molecular weight excluding hydrogens is 720 g/mol. The van der Waals surface area contributed by atoms with E-state index in [0.717, 1.165) is 6.42 Å². The number of carbonyl (C=O) groups excluding carboxylic acids is 2. The Kier molecular flexibility index (Phi) is 14.0. The lowest BCUT2D eigenvalue weighted by Crippen LogP contribution is -2.63. The molecule has 3 N–H and O–H groups in total. The molecule has 320 valence electrons. The first-order valence-electron chi connectivity index (χ1n) is 21.6. The van der Waals surface area contributed by atoms with Crippen molar-refractivity contribution >= 4 is 17.7 Å². The molecule has 4 saturated heterocycles. The number of carboxylic acids is 1. The number of carboxylic acid groups (broad SMARTS) is 1. The fourth-order valence-corrected chi connectivity index (χ4v) is 10.8. The lowest BCUT2D eigenvalue weighted by atomic mass is 9.72. The van der Waals surface area contributed by atoms with Crippen LogP contribution in [0.4, 0.5) is 0 Å². The fourth-order valence-electron chi connectivity index (χ4n) is 10.8. The van der Waals surface area contributed by atoms with Crippen molar-refractivity contribution in [2.75, 3.05) is 0 Å². The van der Waals surface area contributed by atoms with Crippen LogP contribution in [-0.2, 0) is 42.8 Å². The van der Waals surface area contributed by atoms with Crippen LogP contribution < -0.4 is 0 Å². The minimum atomic E-state index is -1.38. The third-order valence-electron chi connectivity index (χ3n) is 14.7. The lowest BCUT2D eigenvalue weighted by molar-refractivity contribution is -0.409. The van der Waals surface area contributed by atoms with Gasteiger partial charge in [0, 0.05) is 37.0 Å². The first-order valence-corrected chi connectivity index (χ1v) is 21.6. The minimum Gasteiger partial charge on any atom is -0.481 e. The summed E-state index contributed by atoms with van der Waals surface area (Å²) in [7, 11) is 0. The van der Waals surface area contributed by atoms with E-state index in [1.54, 1.807) is 6.92 Å². The highest BCUT2D eigenvalue weighted by molar-refractivity contribution is 5.84. The molecule has 0 aromatic rings. The monoisotopic (exact) mass is 793 g/mol. The molecule has 12 heteroatoms. The number of aliphatic hydroxyl groups excluding tert-OH is 1. The van der Waals surface area contributed by atoms with Crippen molar-refractivity contribution in [3.63, 3.8) is 0 Å². The van der Waals surface area contributed by atoms with Gasteiger partial charge in [0.05, 0.1) is 53.7 Å². The van der Waals surface area contributed by atoms with Crippen LogP contribution in [0.2, 0.25) is 0 Å². The third-order valence-corrected chi connectivity index (χ3v) is 14.7. The van der Waals surface area contributed by atoms with Gasteiger partial charge in [-0.2, -0.15) is 0 Å². The van der Waals surface area contributed by atoms with Crippen molar-refractivity contribution < 1.29 is 58.1 Å². The van der Waals surface area contributed by atoms with Crippen LogP contribution in [0.1, 0.15) is 140 Å². The Morgan fingerprint density at radius 1 is 0.893 bits per heavy atom. The van der Waals surface area contributed by atoms with Crippen molar-refractivity contribution in [2.45, 2.75) is 206 Å². The van der Waals surface area contributed by atoms with Gasteiger partial charge in [0.25, 0.3) is 0 Å². The van der Waals surface area contributed by atoms with Gasteiger partial charge in [-0.05, 0) is 95.6 Å². The Morgan fingerprint density at radius 2 is 1.57 bits per heavy atom. The number of hydrogen-bond donors (Lipinski definition) is 3. The number of aliphatic hydroxyl groups is 2. The predicted molar refractivity (Wildman–Crippen MR) is 208 cm³/mol. The fraction of sp³-hybridized carbons (Fsp3) is 0.886. The number of esters is 1. The van der Waals surface area contributed by atoms with Gasteiger partial charge >= 0.3 is 11.9 Å². The first-order chi connectivity index (χ1) is 26.2. The summed E-state index contributed by atoms with van der Waals surface area (Å²) in [5, 5.41) is 32.7. The normalized spacial score (nSPS) is 44.2. The second-order valence-corrected chi connectivity index (χ2v) is 18.5. The largest absolute Gasteiger partial charge is 0.481 e. The molecule has 12 nitrogen and oxygen atoms in total. The zero-order valence-corrected chi connectivity index (χ0v) is 35.8. The molecule has 4 fully saturated rings. The standard InChI is InChI=1S/C44H72O12/c1-12-31(40(48)49)33-16-15-24(4)38(53-33)28(8)36(46)27(7)37(47)32(13-2)39-25(5)23-26(6)43(54-39)20-18-35(52-30(10)45)44(56-43)22-21-41(11,55-44)34-17-19-42(50,14-3)29(9)51-34/h18,20,24-29,31-36,38-39,46,50H,12-17,19,21-23H2,1-11H3,(H,48,49)/t24-,25-,26+,27-,28-,29-,31+,32-,33+,34+,35-,36+,38+,39-,41-,42+,43+,44-/m0/s1. The van der Waals surface area contributed by atoms with Crippen LogP contribution >= 0.6 is 0 Å². The number of ketones is 1. The number of rotatable bonds is 13. The number of ether oxygens (including phenoxy) is 6. The molecular formula is C44H72O12.